The first-order chi connectivity index (χ1) is 12.9. The van der Waals surface area contributed by atoms with Crippen molar-refractivity contribution in [3.05, 3.63) is 71.2 Å². The Bertz CT molecular complexity index is 1050. The van der Waals surface area contributed by atoms with Crippen LogP contribution in [0.25, 0.3) is 10.8 Å². The molecule has 3 rings (SSSR count). The Morgan fingerprint density at radius 3 is 2.44 bits per heavy atom. The molecule has 0 saturated heterocycles. The predicted molar refractivity (Wildman–Crippen MR) is 113 cm³/mol. The Labute approximate surface area is 165 Å². The van der Waals surface area contributed by atoms with E-state index in [9.17, 15) is 8.42 Å². The standard InChI is InChI=1S/C21H23ClN2O2S/c1-3-24(18-10-4-7-16(2)15-18)14-13-23-27(25,26)20-12-6-9-17-8-5-11-19(22)21(17)20/h4-12,15,23H,3,13-14H2,1-2H3. The number of aryl methyl sites for hydroxylation is 1. The summed E-state index contributed by atoms with van der Waals surface area (Å²) in [6, 6.07) is 18.8. The van der Waals surface area contributed by atoms with Gasteiger partial charge >= 0.3 is 0 Å². The molecule has 0 heterocycles. The molecule has 4 nitrogen and oxygen atoms in total. The average Bonchev–Trinajstić information content (AvgIpc) is 2.65. The number of benzene rings is 3. The monoisotopic (exact) mass is 402 g/mol. The Morgan fingerprint density at radius 1 is 1.04 bits per heavy atom. The van der Waals surface area contributed by atoms with Crippen LogP contribution in [-0.4, -0.2) is 28.1 Å². The van der Waals surface area contributed by atoms with Gasteiger partial charge in [-0.15, -0.1) is 0 Å². The van der Waals surface area contributed by atoms with Gasteiger partial charge < -0.3 is 4.90 Å². The maximum absolute atomic E-state index is 12.9. The van der Waals surface area contributed by atoms with Crippen LogP contribution in [0.15, 0.2) is 65.6 Å². The molecule has 0 aromatic heterocycles. The molecule has 0 aliphatic rings. The van der Waals surface area contributed by atoms with E-state index in [0.29, 0.717) is 23.5 Å². The highest BCUT2D eigenvalue weighted by molar-refractivity contribution is 7.89. The number of rotatable bonds is 7. The Balaban J connectivity index is 1.78. The molecule has 0 aliphatic carbocycles. The van der Waals surface area contributed by atoms with Gasteiger partial charge in [-0.2, -0.15) is 0 Å². The zero-order chi connectivity index (χ0) is 19.4. The lowest BCUT2D eigenvalue weighted by Gasteiger charge is -2.23. The highest BCUT2D eigenvalue weighted by atomic mass is 35.5. The number of likely N-dealkylation sites (N-methyl/N-ethyl adjacent to an activating group) is 1. The number of halogens is 1. The first-order valence-corrected chi connectivity index (χ1v) is 10.8. The minimum atomic E-state index is -3.66. The van der Waals surface area contributed by atoms with Crippen molar-refractivity contribution in [2.75, 3.05) is 24.5 Å². The third-order valence-corrected chi connectivity index (χ3v) is 6.35. The zero-order valence-electron chi connectivity index (χ0n) is 15.4. The lowest BCUT2D eigenvalue weighted by Crippen LogP contribution is -2.35. The second-order valence-electron chi connectivity index (χ2n) is 6.41. The quantitative estimate of drug-likeness (QED) is 0.628. The summed E-state index contributed by atoms with van der Waals surface area (Å²) in [5, 5.41) is 1.80. The van der Waals surface area contributed by atoms with Crippen LogP contribution < -0.4 is 9.62 Å². The van der Waals surface area contributed by atoms with Gasteiger partial charge in [0.15, 0.2) is 0 Å². The number of hydrogen-bond donors (Lipinski definition) is 1. The molecule has 0 fully saturated rings. The Hall–Kier alpha value is -2.08. The molecule has 3 aromatic rings. The van der Waals surface area contributed by atoms with Gasteiger partial charge in [0, 0.05) is 35.7 Å². The molecule has 0 aliphatic heterocycles. The first-order valence-electron chi connectivity index (χ1n) is 8.91. The molecule has 0 spiro atoms. The fourth-order valence-corrected chi connectivity index (χ4v) is 4.78. The van der Waals surface area contributed by atoms with Crippen molar-refractivity contribution < 1.29 is 8.42 Å². The Morgan fingerprint density at radius 2 is 1.74 bits per heavy atom. The topological polar surface area (TPSA) is 49.4 Å². The summed E-state index contributed by atoms with van der Waals surface area (Å²) < 4.78 is 28.5. The molecule has 6 heteroatoms. The minimum Gasteiger partial charge on any atom is -0.370 e. The van der Waals surface area contributed by atoms with E-state index >= 15 is 0 Å². The molecule has 1 N–H and O–H groups in total. The molecule has 3 aromatic carbocycles. The van der Waals surface area contributed by atoms with Gasteiger partial charge in [-0.05, 0) is 49.1 Å². The third-order valence-electron chi connectivity index (χ3n) is 4.53. The van der Waals surface area contributed by atoms with Gasteiger partial charge in [-0.25, -0.2) is 13.1 Å². The summed E-state index contributed by atoms with van der Waals surface area (Å²) in [5.74, 6) is 0. The lowest BCUT2D eigenvalue weighted by molar-refractivity contribution is 0.581. The van der Waals surface area contributed by atoms with E-state index < -0.39 is 10.0 Å². The van der Waals surface area contributed by atoms with Gasteiger partial charge in [0.25, 0.3) is 0 Å². The first kappa shape index (κ1) is 19.7. The molecular formula is C21H23ClN2O2S. The summed E-state index contributed by atoms with van der Waals surface area (Å²) in [6.45, 7) is 5.79. The van der Waals surface area contributed by atoms with E-state index in [0.717, 1.165) is 17.6 Å². The van der Waals surface area contributed by atoms with Gasteiger partial charge in [0.2, 0.25) is 10.0 Å². The third kappa shape index (κ3) is 4.43. The second kappa shape index (κ2) is 8.30. The summed E-state index contributed by atoms with van der Waals surface area (Å²) in [4.78, 5) is 2.36. The van der Waals surface area contributed by atoms with Crippen LogP contribution in [0.1, 0.15) is 12.5 Å². The molecule has 0 bridgehead atoms. The predicted octanol–water partition coefficient (Wildman–Crippen LogP) is 4.61. The van der Waals surface area contributed by atoms with Crippen molar-refractivity contribution in [1.82, 2.24) is 4.72 Å². The molecule has 142 valence electrons. The highest BCUT2D eigenvalue weighted by Gasteiger charge is 2.19. The molecule has 27 heavy (non-hydrogen) atoms. The molecule has 0 atom stereocenters. The fourth-order valence-electron chi connectivity index (χ4n) is 3.17. The molecule has 0 unspecified atom stereocenters. The zero-order valence-corrected chi connectivity index (χ0v) is 17.0. The van der Waals surface area contributed by atoms with Crippen LogP contribution in [0.5, 0.6) is 0 Å². The number of hydrogen-bond acceptors (Lipinski definition) is 3. The van der Waals surface area contributed by atoms with Crippen molar-refractivity contribution in [1.29, 1.82) is 0 Å². The second-order valence-corrected chi connectivity index (χ2v) is 8.55. The van der Waals surface area contributed by atoms with Gasteiger partial charge in [0.1, 0.15) is 0 Å². The molecule has 0 saturated carbocycles. The van der Waals surface area contributed by atoms with Gasteiger partial charge in [-0.1, -0.05) is 48.0 Å². The number of nitrogens with one attached hydrogen (secondary N) is 1. The number of anilines is 1. The maximum Gasteiger partial charge on any atom is 0.241 e. The van der Waals surface area contributed by atoms with E-state index in [-0.39, 0.29) is 4.90 Å². The van der Waals surface area contributed by atoms with Gasteiger partial charge in [0.05, 0.1) is 4.90 Å². The number of nitrogens with zero attached hydrogens (tertiary/aromatic N) is 1. The fraction of sp³-hybridized carbons (Fsp3) is 0.238. The van der Waals surface area contributed by atoms with Crippen LogP contribution in [0, 0.1) is 6.92 Å². The average molecular weight is 403 g/mol. The van der Waals surface area contributed by atoms with Crippen molar-refractivity contribution in [2.45, 2.75) is 18.7 Å². The van der Waals surface area contributed by atoms with Crippen LogP contribution >= 0.6 is 11.6 Å². The van der Waals surface area contributed by atoms with Crippen molar-refractivity contribution in [3.63, 3.8) is 0 Å². The van der Waals surface area contributed by atoms with Crippen LogP contribution in [0.4, 0.5) is 5.69 Å². The van der Waals surface area contributed by atoms with Crippen LogP contribution in [0.2, 0.25) is 5.02 Å². The van der Waals surface area contributed by atoms with E-state index in [1.54, 1.807) is 18.2 Å². The number of fused-ring (bicyclic) bond motifs is 1. The summed E-state index contributed by atoms with van der Waals surface area (Å²) in [6.07, 6.45) is 0. The largest absolute Gasteiger partial charge is 0.370 e. The maximum atomic E-state index is 12.9. The molecule has 0 radical (unpaired) electrons. The lowest BCUT2D eigenvalue weighted by atomic mass is 10.1. The number of sulfonamides is 1. The minimum absolute atomic E-state index is 0.212. The highest BCUT2D eigenvalue weighted by Crippen LogP contribution is 2.29. The van der Waals surface area contributed by atoms with E-state index in [1.165, 1.54) is 5.56 Å². The SMILES string of the molecule is CCN(CCNS(=O)(=O)c1cccc2cccc(Cl)c12)c1cccc(C)c1. The normalized spacial score (nSPS) is 11.7. The molecular weight excluding hydrogens is 380 g/mol. The molecule has 0 amide bonds. The van der Waals surface area contributed by atoms with E-state index in [4.69, 9.17) is 11.6 Å². The summed E-state index contributed by atoms with van der Waals surface area (Å²) in [7, 11) is -3.66. The Kier molecular flexibility index (Phi) is 6.05. The van der Waals surface area contributed by atoms with E-state index in [1.807, 2.05) is 43.3 Å². The van der Waals surface area contributed by atoms with Crippen LogP contribution in [-0.2, 0) is 10.0 Å². The summed E-state index contributed by atoms with van der Waals surface area (Å²) >= 11 is 6.27. The summed E-state index contributed by atoms with van der Waals surface area (Å²) in [5.41, 5.74) is 2.27. The van der Waals surface area contributed by atoms with E-state index in [2.05, 4.69) is 22.6 Å². The van der Waals surface area contributed by atoms with Crippen molar-refractivity contribution in [2.24, 2.45) is 0 Å². The van der Waals surface area contributed by atoms with Crippen molar-refractivity contribution in [3.8, 4) is 0 Å². The van der Waals surface area contributed by atoms with Crippen LogP contribution in [0.3, 0.4) is 0 Å². The van der Waals surface area contributed by atoms with Crippen molar-refractivity contribution >= 4 is 38.1 Å². The smallest absolute Gasteiger partial charge is 0.241 e. The van der Waals surface area contributed by atoms with Gasteiger partial charge in [-0.3, -0.25) is 0 Å².